The number of aryl methyl sites for hydroxylation is 1. The molecule has 2 aromatic rings. The second-order valence-corrected chi connectivity index (χ2v) is 4.91. The number of halogens is 5. The van der Waals surface area contributed by atoms with Crippen LogP contribution in [0.1, 0.15) is 11.3 Å². The molecular weight excluding hydrogens is 341 g/mol. The zero-order chi connectivity index (χ0) is 18.2. The van der Waals surface area contributed by atoms with Gasteiger partial charge in [0.25, 0.3) is 12.0 Å². The van der Waals surface area contributed by atoms with Crippen LogP contribution in [-0.2, 0) is 28.8 Å². The molecule has 0 fully saturated rings. The average molecular weight is 353 g/mol. The molecule has 0 aliphatic carbocycles. The minimum atomic E-state index is -4.88. The Morgan fingerprint density at radius 2 is 2.00 bits per heavy atom. The summed E-state index contributed by atoms with van der Waals surface area (Å²) in [6.07, 6.45) is -7.80. The highest BCUT2D eigenvalue weighted by molar-refractivity contribution is 5.84. The maximum Gasteiger partial charge on any atom is 0.417 e. The summed E-state index contributed by atoms with van der Waals surface area (Å²) in [6.45, 7) is -0.545. The molecule has 0 radical (unpaired) electrons. The highest BCUT2D eigenvalue weighted by Crippen LogP contribution is 2.35. The van der Waals surface area contributed by atoms with E-state index in [9.17, 15) is 31.5 Å². The van der Waals surface area contributed by atoms with Gasteiger partial charge in [0.15, 0.2) is 0 Å². The van der Waals surface area contributed by atoms with E-state index < -0.39 is 53.8 Å². The summed E-state index contributed by atoms with van der Waals surface area (Å²) < 4.78 is 70.6. The van der Waals surface area contributed by atoms with Crippen LogP contribution in [0.25, 0.3) is 11.0 Å². The van der Waals surface area contributed by atoms with Crippen molar-refractivity contribution >= 4 is 17.0 Å². The molecule has 0 amide bonds. The van der Waals surface area contributed by atoms with Gasteiger partial charge in [-0.3, -0.25) is 14.2 Å². The summed E-state index contributed by atoms with van der Waals surface area (Å²) in [5.41, 5.74) is -3.15. The third-order valence-corrected chi connectivity index (χ3v) is 3.29. The lowest BCUT2D eigenvalue weighted by atomic mass is 10.1. The summed E-state index contributed by atoms with van der Waals surface area (Å²) >= 11 is 0. The number of rotatable bonds is 4. The van der Waals surface area contributed by atoms with E-state index in [4.69, 9.17) is 0 Å². The van der Waals surface area contributed by atoms with Crippen LogP contribution in [0.2, 0.25) is 0 Å². The molecule has 0 atom stereocenters. The lowest BCUT2D eigenvalue weighted by Gasteiger charge is -2.13. The van der Waals surface area contributed by atoms with E-state index in [0.717, 1.165) is 7.11 Å². The molecule has 0 saturated carbocycles. The van der Waals surface area contributed by atoms with Crippen LogP contribution in [0, 0.1) is 6.92 Å². The molecule has 132 valence electrons. The molecule has 0 aliphatic heterocycles. The van der Waals surface area contributed by atoms with E-state index in [1.807, 2.05) is 0 Å². The molecule has 11 heteroatoms. The molecule has 0 unspecified atom stereocenters. The number of hydrogen-bond donors (Lipinski definition) is 0. The van der Waals surface area contributed by atoms with E-state index >= 15 is 0 Å². The van der Waals surface area contributed by atoms with Crippen LogP contribution in [0.15, 0.2) is 10.9 Å². The summed E-state index contributed by atoms with van der Waals surface area (Å²) in [6, 6.07) is 0.312. The Kier molecular flexibility index (Phi) is 4.63. The third-order valence-electron chi connectivity index (χ3n) is 3.29. The molecule has 0 N–H and O–H groups in total. The summed E-state index contributed by atoms with van der Waals surface area (Å²) in [5.74, 6) is -0.916. The van der Waals surface area contributed by atoms with Crippen molar-refractivity contribution in [3.8, 4) is 0 Å². The van der Waals surface area contributed by atoms with Gasteiger partial charge in [0.05, 0.1) is 23.8 Å². The first-order valence-corrected chi connectivity index (χ1v) is 6.59. The van der Waals surface area contributed by atoms with Crippen LogP contribution in [-0.4, -0.2) is 33.9 Å². The molecule has 6 nitrogen and oxygen atoms in total. The molecule has 0 saturated heterocycles. The van der Waals surface area contributed by atoms with Crippen LogP contribution in [0.5, 0.6) is 0 Å². The predicted molar refractivity (Wildman–Crippen MR) is 71.8 cm³/mol. The fourth-order valence-electron chi connectivity index (χ4n) is 2.36. The van der Waals surface area contributed by atoms with Gasteiger partial charge >= 0.3 is 12.1 Å². The quantitative estimate of drug-likeness (QED) is 0.623. The largest absolute Gasteiger partial charge is 0.468 e. The van der Waals surface area contributed by atoms with Gasteiger partial charge in [-0.1, -0.05) is 0 Å². The Hall–Kier alpha value is -2.46. The Balaban J connectivity index is 2.88. The van der Waals surface area contributed by atoms with Gasteiger partial charge in [-0.05, 0) is 6.92 Å². The SMILES string of the molecule is COC(=O)Cn1c(=O)cc(C(F)(F)F)c2c(C)nn(CC(F)F)c21. The molecule has 0 aliphatic rings. The van der Waals surface area contributed by atoms with Crippen LogP contribution < -0.4 is 5.56 Å². The van der Waals surface area contributed by atoms with Gasteiger partial charge in [-0.15, -0.1) is 0 Å². The number of fused-ring (bicyclic) bond motifs is 1. The van der Waals surface area contributed by atoms with Crippen molar-refractivity contribution in [2.24, 2.45) is 0 Å². The minimum absolute atomic E-state index is 0.184. The van der Waals surface area contributed by atoms with E-state index in [0.29, 0.717) is 15.3 Å². The Labute approximate surface area is 131 Å². The number of carbonyl (C=O) groups is 1. The number of hydrogen-bond acceptors (Lipinski definition) is 4. The normalized spacial score (nSPS) is 12.2. The van der Waals surface area contributed by atoms with Crippen molar-refractivity contribution in [3.63, 3.8) is 0 Å². The third kappa shape index (κ3) is 3.24. The molecule has 0 spiro atoms. The standard InChI is InChI=1S/C13H12F5N3O3/c1-6-11-7(13(16,17)18)3-9(22)20(5-10(23)24-2)12(11)21(19-6)4-8(14)15/h3,8H,4-5H2,1-2H3. The average Bonchev–Trinajstić information content (AvgIpc) is 2.76. The highest BCUT2D eigenvalue weighted by Gasteiger charge is 2.36. The van der Waals surface area contributed by atoms with E-state index in [2.05, 4.69) is 9.84 Å². The second-order valence-electron chi connectivity index (χ2n) is 4.91. The number of methoxy groups -OCH3 is 1. The molecule has 0 bridgehead atoms. The number of pyridine rings is 1. The fraction of sp³-hybridized carbons (Fsp3) is 0.462. The van der Waals surface area contributed by atoms with Gasteiger partial charge in [0, 0.05) is 6.07 Å². The van der Waals surface area contributed by atoms with Gasteiger partial charge in [0.2, 0.25) is 0 Å². The predicted octanol–water partition coefficient (Wildman–Crippen LogP) is 1.96. The van der Waals surface area contributed by atoms with Gasteiger partial charge in [-0.25, -0.2) is 13.5 Å². The molecule has 2 aromatic heterocycles. The smallest absolute Gasteiger partial charge is 0.417 e. The first-order valence-electron chi connectivity index (χ1n) is 6.59. The van der Waals surface area contributed by atoms with E-state index in [1.54, 1.807) is 0 Å². The molecule has 0 aromatic carbocycles. The first-order chi connectivity index (χ1) is 11.1. The van der Waals surface area contributed by atoms with E-state index in [-0.39, 0.29) is 5.69 Å². The Bertz CT molecular complexity index is 838. The molecule has 2 rings (SSSR count). The van der Waals surface area contributed by atoms with E-state index in [1.165, 1.54) is 6.92 Å². The maximum atomic E-state index is 13.2. The Morgan fingerprint density at radius 1 is 1.38 bits per heavy atom. The zero-order valence-electron chi connectivity index (χ0n) is 12.5. The van der Waals surface area contributed by atoms with Gasteiger partial charge < -0.3 is 4.74 Å². The first kappa shape index (κ1) is 17.9. The summed E-state index contributed by atoms with van der Waals surface area (Å²) in [5, 5.41) is 3.16. The van der Waals surface area contributed by atoms with Crippen molar-refractivity contribution in [2.45, 2.75) is 32.6 Å². The van der Waals surface area contributed by atoms with Crippen molar-refractivity contribution < 1.29 is 31.5 Å². The maximum absolute atomic E-state index is 13.2. The Morgan fingerprint density at radius 3 is 2.50 bits per heavy atom. The monoisotopic (exact) mass is 353 g/mol. The number of carbonyl (C=O) groups excluding carboxylic acids is 1. The molecular formula is C13H12F5N3O3. The van der Waals surface area contributed by atoms with Gasteiger partial charge in [0.1, 0.15) is 18.7 Å². The summed E-state index contributed by atoms with van der Waals surface area (Å²) in [4.78, 5) is 23.4. The minimum Gasteiger partial charge on any atom is -0.468 e. The highest BCUT2D eigenvalue weighted by atomic mass is 19.4. The number of aromatic nitrogens is 3. The van der Waals surface area contributed by atoms with Crippen molar-refractivity contribution in [3.05, 3.63) is 27.7 Å². The van der Waals surface area contributed by atoms with Crippen molar-refractivity contribution in [1.29, 1.82) is 0 Å². The fourth-order valence-corrected chi connectivity index (χ4v) is 2.36. The number of nitrogens with zero attached hydrogens (tertiary/aromatic N) is 3. The molecule has 24 heavy (non-hydrogen) atoms. The van der Waals surface area contributed by atoms with Crippen molar-refractivity contribution in [2.75, 3.05) is 7.11 Å². The summed E-state index contributed by atoms with van der Waals surface area (Å²) in [7, 11) is 1.02. The number of esters is 1. The van der Waals surface area contributed by atoms with Crippen LogP contribution in [0.3, 0.4) is 0 Å². The van der Waals surface area contributed by atoms with Gasteiger partial charge in [-0.2, -0.15) is 18.3 Å². The topological polar surface area (TPSA) is 66.1 Å². The zero-order valence-corrected chi connectivity index (χ0v) is 12.5. The second kappa shape index (κ2) is 6.21. The molecule has 2 heterocycles. The number of ether oxygens (including phenoxy) is 1. The lowest BCUT2D eigenvalue weighted by molar-refractivity contribution is -0.141. The number of alkyl halides is 5. The van der Waals surface area contributed by atoms with Crippen molar-refractivity contribution in [1.82, 2.24) is 14.3 Å². The van der Waals surface area contributed by atoms with Crippen LogP contribution in [0.4, 0.5) is 22.0 Å². The lowest BCUT2D eigenvalue weighted by Crippen LogP contribution is -2.28. The van der Waals surface area contributed by atoms with Crippen LogP contribution >= 0.6 is 0 Å².